The Hall–Kier alpha value is -2.62. The Balaban J connectivity index is 0.000000448. The van der Waals surface area contributed by atoms with Crippen LogP contribution in [0, 0.1) is 0 Å². The lowest BCUT2D eigenvalue weighted by Crippen LogP contribution is -2.19. The average Bonchev–Trinajstić information content (AvgIpc) is 3.03. The Bertz CT molecular complexity index is 996. The van der Waals surface area contributed by atoms with E-state index in [1.807, 2.05) is 80.6 Å². The molecule has 0 aliphatic carbocycles. The van der Waals surface area contributed by atoms with Gasteiger partial charge in [0.1, 0.15) is 0 Å². The Labute approximate surface area is 136 Å². The molecule has 0 bridgehead atoms. The van der Waals surface area contributed by atoms with Crippen LogP contribution in [-0.2, 0) is 7.05 Å². The molecule has 2 aromatic heterocycles. The van der Waals surface area contributed by atoms with Crippen LogP contribution in [0.2, 0.25) is 0 Å². The van der Waals surface area contributed by atoms with Crippen LogP contribution in [0.25, 0.3) is 27.7 Å². The largest absolute Gasteiger partial charge is 0.281 e. The first-order valence-corrected chi connectivity index (χ1v) is 8.12. The Morgan fingerprint density at radius 3 is 2.09 bits per heavy atom. The minimum absolute atomic E-state index is 0.0154. The molecule has 4 heteroatoms. The zero-order valence-electron chi connectivity index (χ0n) is 14.4. The van der Waals surface area contributed by atoms with Crippen LogP contribution in [0.4, 0.5) is 0 Å². The van der Waals surface area contributed by atoms with Gasteiger partial charge in [-0.3, -0.25) is 13.8 Å². The van der Waals surface area contributed by atoms with Gasteiger partial charge in [0.25, 0.3) is 5.56 Å². The first-order chi connectivity index (χ1) is 11.3. The number of nitrogens with zero attached hydrogens (tertiary/aromatic N) is 3. The zero-order chi connectivity index (χ0) is 17.0. The number of benzene rings is 2. The lowest BCUT2D eigenvalue weighted by Gasteiger charge is -2.06. The van der Waals surface area contributed by atoms with E-state index in [-0.39, 0.29) is 5.56 Å². The molecule has 0 atom stereocenters. The molecule has 0 aliphatic heterocycles. The summed E-state index contributed by atoms with van der Waals surface area (Å²) >= 11 is 0. The van der Waals surface area contributed by atoms with E-state index in [0.717, 1.165) is 16.6 Å². The number of aromatic nitrogens is 3. The predicted molar refractivity (Wildman–Crippen MR) is 98.1 cm³/mol. The van der Waals surface area contributed by atoms with Gasteiger partial charge in [-0.1, -0.05) is 52.0 Å². The highest BCUT2D eigenvalue weighted by Crippen LogP contribution is 2.20. The third kappa shape index (κ3) is 2.61. The summed E-state index contributed by atoms with van der Waals surface area (Å²) in [4.78, 5) is 16.9. The van der Waals surface area contributed by atoms with Crippen molar-refractivity contribution in [3.05, 3.63) is 58.9 Å². The van der Waals surface area contributed by atoms with Crippen molar-refractivity contribution in [1.82, 2.24) is 14.0 Å². The fourth-order valence-electron chi connectivity index (χ4n) is 2.60. The number of aryl methyl sites for hydroxylation is 1. The maximum atomic E-state index is 12.3. The van der Waals surface area contributed by atoms with Crippen molar-refractivity contribution in [2.24, 2.45) is 7.05 Å². The monoisotopic (exact) mass is 309 g/mol. The number of fused-ring (bicyclic) bond motifs is 5. The molecule has 120 valence electrons. The molecule has 0 radical (unpaired) electrons. The van der Waals surface area contributed by atoms with E-state index in [1.54, 1.807) is 11.6 Å². The summed E-state index contributed by atoms with van der Waals surface area (Å²) in [6.45, 7) is 8.00. The predicted octanol–water partition coefficient (Wildman–Crippen LogP) is 4.39. The second-order valence-electron chi connectivity index (χ2n) is 4.62. The van der Waals surface area contributed by atoms with Crippen molar-refractivity contribution in [1.29, 1.82) is 0 Å². The molecule has 0 amide bonds. The molecule has 0 unspecified atom stereocenters. The summed E-state index contributed by atoms with van der Waals surface area (Å²) in [7, 11) is 1.76. The van der Waals surface area contributed by atoms with E-state index in [4.69, 9.17) is 0 Å². The van der Waals surface area contributed by atoms with Gasteiger partial charge in [0.15, 0.2) is 0 Å². The number of hydrogen-bond acceptors (Lipinski definition) is 2. The maximum Gasteiger partial charge on any atom is 0.262 e. The van der Waals surface area contributed by atoms with Crippen molar-refractivity contribution in [2.45, 2.75) is 27.7 Å². The number of rotatable bonds is 0. The third-order valence-corrected chi connectivity index (χ3v) is 3.52. The van der Waals surface area contributed by atoms with Gasteiger partial charge in [0.2, 0.25) is 5.78 Å². The molecular formula is C19H23N3O. The average molecular weight is 309 g/mol. The van der Waals surface area contributed by atoms with E-state index in [0.29, 0.717) is 11.2 Å². The first kappa shape index (κ1) is 16.7. The van der Waals surface area contributed by atoms with Crippen molar-refractivity contribution >= 4 is 27.7 Å². The summed E-state index contributed by atoms with van der Waals surface area (Å²) in [5, 5.41) is 0.709. The number of para-hydroxylation sites is 3. The molecule has 0 aliphatic rings. The van der Waals surface area contributed by atoms with Gasteiger partial charge in [0.05, 0.1) is 21.9 Å². The van der Waals surface area contributed by atoms with E-state index in [9.17, 15) is 4.79 Å². The molecule has 0 spiro atoms. The lowest BCUT2D eigenvalue weighted by atomic mass is 10.2. The van der Waals surface area contributed by atoms with Gasteiger partial charge < -0.3 is 0 Å². The summed E-state index contributed by atoms with van der Waals surface area (Å²) in [5.74, 6) is 0.671. The molecule has 0 fully saturated rings. The van der Waals surface area contributed by atoms with Gasteiger partial charge >= 0.3 is 0 Å². The van der Waals surface area contributed by atoms with Crippen molar-refractivity contribution in [2.75, 3.05) is 0 Å². The fraction of sp³-hybridized carbons (Fsp3) is 0.263. The smallest absolute Gasteiger partial charge is 0.262 e. The van der Waals surface area contributed by atoms with Gasteiger partial charge in [-0.2, -0.15) is 0 Å². The molecule has 0 N–H and O–H groups in total. The fourth-order valence-corrected chi connectivity index (χ4v) is 2.60. The summed E-state index contributed by atoms with van der Waals surface area (Å²) in [6, 6.07) is 15.5. The second-order valence-corrected chi connectivity index (χ2v) is 4.62. The normalized spacial score (nSPS) is 10.1. The third-order valence-electron chi connectivity index (χ3n) is 3.52. The standard InChI is InChI=1S/C15H11N3O.2C2H6/c1-17-14(19)10-6-2-4-8-12(10)18-13-9-5-3-7-11(13)16-15(17)18;2*1-2/h2-9H,1H3;2*1-2H3. The summed E-state index contributed by atoms with van der Waals surface area (Å²) in [5.41, 5.74) is 2.80. The topological polar surface area (TPSA) is 39.3 Å². The highest BCUT2D eigenvalue weighted by molar-refractivity contribution is 5.88. The molecular weight excluding hydrogens is 286 g/mol. The van der Waals surface area contributed by atoms with Crippen LogP contribution in [0.3, 0.4) is 0 Å². The Kier molecular flexibility index (Phi) is 5.16. The maximum absolute atomic E-state index is 12.3. The Morgan fingerprint density at radius 1 is 0.826 bits per heavy atom. The van der Waals surface area contributed by atoms with Crippen LogP contribution < -0.4 is 5.56 Å². The molecule has 23 heavy (non-hydrogen) atoms. The summed E-state index contributed by atoms with van der Waals surface area (Å²) in [6.07, 6.45) is 0. The van der Waals surface area contributed by atoms with Crippen LogP contribution >= 0.6 is 0 Å². The van der Waals surface area contributed by atoms with E-state index in [1.165, 1.54) is 0 Å². The molecule has 0 saturated carbocycles. The van der Waals surface area contributed by atoms with E-state index >= 15 is 0 Å². The molecule has 4 nitrogen and oxygen atoms in total. The molecule has 2 heterocycles. The van der Waals surface area contributed by atoms with Crippen molar-refractivity contribution in [3.8, 4) is 0 Å². The molecule has 4 aromatic rings. The van der Waals surface area contributed by atoms with Crippen molar-refractivity contribution in [3.63, 3.8) is 0 Å². The van der Waals surface area contributed by atoms with Gasteiger partial charge in [0, 0.05) is 7.05 Å². The van der Waals surface area contributed by atoms with Crippen LogP contribution in [0.1, 0.15) is 27.7 Å². The highest BCUT2D eigenvalue weighted by atomic mass is 16.1. The van der Waals surface area contributed by atoms with Crippen molar-refractivity contribution < 1.29 is 0 Å². The van der Waals surface area contributed by atoms with Crippen LogP contribution in [0.5, 0.6) is 0 Å². The minimum Gasteiger partial charge on any atom is -0.281 e. The Morgan fingerprint density at radius 2 is 1.39 bits per heavy atom. The summed E-state index contributed by atoms with van der Waals surface area (Å²) < 4.78 is 3.63. The number of hydrogen-bond donors (Lipinski definition) is 0. The molecule has 4 rings (SSSR count). The van der Waals surface area contributed by atoms with Crippen LogP contribution in [0.15, 0.2) is 53.3 Å². The van der Waals surface area contributed by atoms with Gasteiger partial charge in [-0.05, 0) is 24.3 Å². The van der Waals surface area contributed by atoms with Gasteiger partial charge in [-0.25, -0.2) is 4.98 Å². The molecule has 0 saturated heterocycles. The molecule has 2 aromatic carbocycles. The minimum atomic E-state index is -0.0154. The van der Waals surface area contributed by atoms with E-state index < -0.39 is 0 Å². The lowest BCUT2D eigenvalue weighted by molar-refractivity contribution is 0.868. The van der Waals surface area contributed by atoms with Crippen LogP contribution in [-0.4, -0.2) is 14.0 Å². The quantitative estimate of drug-likeness (QED) is 0.483. The first-order valence-electron chi connectivity index (χ1n) is 8.12. The van der Waals surface area contributed by atoms with E-state index in [2.05, 4.69) is 4.98 Å². The number of imidazole rings is 1. The van der Waals surface area contributed by atoms with Gasteiger partial charge in [-0.15, -0.1) is 0 Å². The second kappa shape index (κ2) is 7.09. The SMILES string of the molecule is CC.CC.Cn1c(=O)c2ccccc2n2c3ccccc3nc12. The highest BCUT2D eigenvalue weighted by Gasteiger charge is 2.12. The zero-order valence-corrected chi connectivity index (χ0v) is 14.4.